The Morgan fingerprint density at radius 3 is 3.00 bits per heavy atom. The molecule has 0 aliphatic carbocycles. The molecule has 1 rings (SSSR count). The zero-order valence-corrected chi connectivity index (χ0v) is 10.6. The third-order valence-corrected chi connectivity index (χ3v) is 2.42. The minimum Gasteiger partial charge on any atom is -0.467 e. The lowest BCUT2D eigenvalue weighted by Crippen LogP contribution is -2.24. The molecule has 0 spiro atoms. The van der Waals surface area contributed by atoms with Crippen molar-refractivity contribution in [2.75, 3.05) is 19.8 Å². The van der Waals surface area contributed by atoms with E-state index in [4.69, 9.17) is 14.3 Å². The van der Waals surface area contributed by atoms with Gasteiger partial charge in [0.15, 0.2) is 0 Å². The van der Waals surface area contributed by atoms with Gasteiger partial charge in [0.2, 0.25) is 5.91 Å². The third kappa shape index (κ3) is 7.09. The zero-order valence-electron chi connectivity index (χ0n) is 10.6. The summed E-state index contributed by atoms with van der Waals surface area (Å²) < 4.78 is 10.5. The van der Waals surface area contributed by atoms with Crippen molar-refractivity contribution in [2.24, 2.45) is 0 Å². The van der Waals surface area contributed by atoms with Crippen molar-refractivity contribution < 1.29 is 19.1 Å². The predicted octanol–water partition coefficient (Wildman–Crippen LogP) is 1.47. The van der Waals surface area contributed by atoms with Gasteiger partial charge >= 0.3 is 0 Å². The van der Waals surface area contributed by atoms with E-state index < -0.39 is 0 Å². The summed E-state index contributed by atoms with van der Waals surface area (Å²) in [5, 5.41) is 11.4. The number of hydrogen-bond acceptors (Lipinski definition) is 4. The van der Waals surface area contributed by atoms with Gasteiger partial charge in [0.05, 0.1) is 6.26 Å². The van der Waals surface area contributed by atoms with E-state index in [0.717, 1.165) is 18.6 Å². The van der Waals surface area contributed by atoms with Crippen LogP contribution in [-0.4, -0.2) is 30.8 Å². The van der Waals surface area contributed by atoms with E-state index in [0.29, 0.717) is 32.6 Å². The van der Waals surface area contributed by atoms with Crippen molar-refractivity contribution >= 4 is 5.91 Å². The number of rotatable bonds is 10. The van der Waals surface area contributed by atoms with E-state index >= 15 is 0 Å². The molecule has 0 aromatic carbocycles. The highest BCUT2D eigenvalue weighted by molar-refractivity contribution is 5.75. The summed E-state index contributed by atoms with van der Waals surface area (Å²) in [6.45, 7) is 1.83. The summed E-state index contributed by atoms with van der Waals surface area (Å²) in [7, 11) is 0. The Hall–Kier alpha value is -1.33. The molecule has 0 bridgehead atoms. The summed E-state index contributed by atoms with van der Waals surface area (Å²) in [5.41, 5.74) is 0. The van der Waals surface area contributed by atoms with Gasteiger partial charge in [-0.25, -0.2) is 0 Å². The Labute approximate surface area is 107 Å². The van der Waals surface area contributed by atoms with Crippen LogP contribution in [-0.2, 0) is 16.1 Å². The van der Waals surface area contributed by atoms with Gasteiger partial charge in [0.1, 0.15) is 12.4 Å². The van der Waals surface area contributed by atoms with Crippen molar-refractivity contribution in [3.8, 4) is 0 Å². The quantitative estimate of drug-likeness (QED) is 0.621. The summed E-state index contributed by atoms with van der Waals surface area (Å²) >= 11 is 0. The van der Waals surface area contributed by atoms with Crippen LogP contribution < -0.4 is 5.32 Å². The van der Waals surface area contributed by atoms with Crippen LogP contribution in [0.1, 0.15) is 31.4 Å². The molecule has 0 atom stereocenters. The van der Waals surface area contributed by atoms with Crippen molar-refractivity contribution in [3.05, 3.63) is 24.2 Å². The molecule has 1 aromatic heterocycles. The van der Waals surface area contributed by atoms with Crippen molar-refractivity contribution in [1.29, 1.82) is 0 Å². The minimum atomic E-state index is 0.0366. The van der Waals surface area contributed by atoms with Gasteiger partial charge in [-0.1, -0.05) is 0 Å². The average Bonchev–Trinajstić information content (AvgIpc) is 2.87. The number of carbonyl (C=O) groups is 1. The third-order valence-electron chi connectivity index (χ3n) is 2.42. The Balaban J connectivity index is 1.87. The van der Waals surface area contributed by atoms with Crippen LogP contribution in [0.2, 0.25) is 0 Å². The highest BCUT2D eigenvalue weighted by Crippen LogP contribution is 2.01. The molecule has 5 heteroatoms. The summed E-state index contributed by atoms with van der Waals surface area (Å²) in [6.07, 6.45) is 4.29. The Morgan fingerprint density at radius 1 is 1.39 bits per heavy atom. The Morgan fingerprint density at radius 2 is 2.28 bits per heavy atom. The number of carbonyl (C=O) groups excluding carboxylic acids is 1. The van der Waals surface area contributed by atoms with E-state index in [9.17, 15) is 4.79 Å². The Kier molecular flexibility index (Phi) is 7.92. The van der Waals surface area contributed by atoms with Crippen LogP contribution in [0.4, 0.5) is 0 Å². The monoisotopic (exact) mass is 255 g/mol. The standard InChI is InChI=1S/C13H21NO4/c15-8-2-1-6-13(16)14-7-4-9-17-11-12-5-3-10-18-12/h3,5,10,15H,1-2,4,6-9,11H2,(H,14,16). The largest absolute Gasteiger partial charge is 0.467 e. The molecule has 0 aliphatic heterocycles. The fourth-order valence-corrected chi connectivity index (χ4v) is 1.46. The maximum atomic E-state index is 11.3. The summed E-state index contributed by atoms with van der Waals surface area (Å²) in [5.74, 6) is 0.845. The first-order valence-corrected chi connectivity index (χ1v) is 6.30. The topological polar surface area (TPSA) is 71.7 Å². The molecule has 1 heterocycles. The molecule has 18 heavy (non-hydrogen) atoms. The summed E-state index contributed by atoms with van der Waals surface area (Å²) in [6, 6.07) is 3.69. The Bertz CT molecular complexity index is 311. The molecular weight excluding hydrogens is 234 g/mol. The molecule has 5 nitrogen and oxygen atoms in total. The van der Waals surface area contributed by atoms with E-state index in [1.54, 1.807) is 6.26 Å². The van der Waals surface area contributed by atoms with Gasteiger partial charge in [-0.3, -0.25) is 4.79 Å². The van der Waals surface area contributed by atoms with Crippen LogP contribution in [0.25, 0.3) is 0 Å². The predicted molar refractivity (Wildman–Crippen MR) is 66.9 cm³/mol. The average molecular weight is 255 g/mol. The first-order valence-electron chi connectivity index (χ1n) is 6.30. The van der Waals surface area contributed by atoms with Gasteiger partial charge in [-0.05, 0) is 31.4 Å². The van der Waals surface area contributed by atoms with Crippen molar-refractivity contribution in [1.82, 2.24) is 5.32 Å². The fraction of sp³-hybridized carbons (Fsp3) is 0.615. The lowest BCUT2D eigenvalue weighted by Gasteiger charge is -2.05. The van der Waals surface area contributed by atoms with Crippen molar-refractivity contribution in [3.63, 3.8) is 0 Å². The second-order valence-corrected chi connectivity index (χ2v) is 4.02. The van der Waals surface area contributed by atoms with Crippen LogP contribution in [0.5, 0.6) is 0 Å². The number of amides is 1. The van der Waals surface area contributed by atoms with Crippen LogP contribution in [0.3, 0.4) is 0 Å². The second kappa shape index (κ2) is 9.67. The molecule has 0 saturated carbocycles. The van der Waals surface area contributed by atoms with Crippen LogP contribution >= 0.6 is 0 Å². The van der Waals surface area contributed by atoms with E-state index in [-0.39, 0.29) is 12.5 Å². The molecular formula is C13H21NO4. The van der Waals surface area contributed by atoms with Crippen molar-refractivity contribution in [2.45, 2.75) is 32.3 Å². The molecule has 1 aromatic rings. The number of aliphatic hydroxyl groups is 1. The molecule has 2 N–H and O–H groups in total. The van der Waals surface area contributed by atoms with Gasteiger partial charge in [-0.15, -0.1) is 0 Å². The number of furan rings is 1. The SMILES string of the molecule is O=C(CCCCO)NCCCOCc1ccco1. The van der Waals surface area contributed by atoms with Gasteiger partial charge in [0.25, 0.3) is 0 Å². The molecule has 0 aliphatic rings. The highest BCUT2D eigenvalue weighted by Gasteiger charge is 2.00. The minimum absolute atomic E-state index is 0.0366. The number of nitrogens with one attached hydrogen (secondary N) is 1. The van der Waals surface area contributed by atoms with Gasteiger partial charge in [-0.2, -0.15) is 0 Å². The number of hydrogen-bond donors (Lipinski definition) is 2. The molecule has 102 valence electrons. The van der Waals surface area contributed by atoms with E-state index in [2.05, 4.69) is 5.32 Å². The fourth-order valence-electron chi connectivity index (χ4n) is 1.46. The van der Waals surface area contributed by atoms with Crippen LogP contribution in [0, 0.1) is 0 Å². The number of aliphatic hydroxyl groups excluding tert-OH is 1. The number of unbranched alkanes of at least 4 members (excludes halogenated alkanes) is 1. The maximum absolute atomic E-state index is 11.3. The molecule has 1 amide bonds. The molecule has 0 fully saturated rings. The normalized spacial score (nSPS) is 10.5. The van der Waals surface area contributed by atoms with Gasteiger partial charge < -0.3 is 19.6 Å². The maximum Gasteiger partial charge on any atom is 0.219 e. The van der Waals surface area contributed by atoms with Gasteiger partial charge in [0, 0.05) is 26.2 Å². The smallest absolute Gasteiger partial charge is 0.219 e. The first-order chi connectivity index (χ1) is 8.83. The number of ether oxygens (including phenoxy) is 1. The lowest BCUT2D eigenvalue weighted by atomic mass is 10.2. The summed E-state index contributed by atoms with van der Waals surface area (Å²) in [4.78, 5) is 11.3. The first kappa shape index (κ1) is 14.7. The zero-order chi connectivity index (χ0) is 13.1. The molecule has 0 saturated heterocycles. The van der Waals surface area contributed by atoms with E-state index in [1.807, 2.05) is 12.1 Å². The lowest BCUT2D eigenvalue weighted by molar-refractivity contribution is -0.121. The van der Waals surface area contributed by atoms with E-state index in [1.165, 1.54) is 0 Å². The molecule has 0 radical (unpaired) electrons. The highest BCUT2D eigenvalue weighted by atomic mass is 16.5. The second-order valence-electron chi connectivity index (χ2n) is 4.02. The van der Waals surface area contributed by atoms with Crippen LogP contribution in [0.15, 0.2) is 22.8 Å². The molecule has 0 unspecified atom stereocenters.